The summed E-state index contributed by atoms with van der Waals surface area (Å²) in [5, 5.41) is 4.34. The van der Waals surface area contributed by atoms with E-state index in [1.165, 1.54) is 0 Å². The van der Waals surface area contributed by atoms with Gasteiger partial charge in [0, 0.05) is 13.2 Å². The molecule has 1 saturated carbocycles. The first-order valence-corrected chi connectivity index (χ1v) is 4.55. The smallest absolute Gasteiger partial charge is 0.122 e. The summed E-state index contributed by atoms with van der Waals surface area (Å²) in [7, 11) is 1.75. The highest BCUT2D eigenvalue weighted by Gasteiger charge is 2.31. The van der Waals surface area contributed by atoms with Crippen molar-refractivity contribution < 1.29 is 4.74 Å². The summed E-state index contributed by atoms with van der Waals surface area (Å²) in [5.74, 6) is 0.761. The highest BCUT2D eigenvalue weighted by molar-refractivity contribution is 5.31. The monoisotopic (exact) mass is 181 g/mol. The molecule has 1 aliphatic carbocycles. The van der Waals surface area contributed by atoms with Gasteiger partial charge in [-0.2, -0.15) is 5.10 Å². The second kappa shape index (κ2) is 3.03. The minimum Gasteiger partial charge on any atom is -0.384 e. The molecule has 13 heavy (non-hydrogen) atoms. The average molecular weight is 181 g/mol. The van der Waals surface area contributed by atoms with E-state index in [-0.39, 0.29) is 0 Å². The van der Waals surface area contributed by atoms with E-state index in [0.717, 1.165) is 24.4 Å². The van der Waals surface area contributed by atoms with Crippen molar-refractivity contribution in [2.75, 3.05) is 12.8 Å². The molecule has 0 bridgehead atoms. The Kier molecular flexibility index (Phi) is 2.00. The number of methoxy groups -OCH3 is 1. The Bertz CT molecular complexity index is 302. The molecule has 1 heterocycles. The molecule has 0 atom stereocenters. The molecule has 1 aliphatic rings. The second-order valence-electron chi connectivity index (χ2n) is 3.64. The predicted molar refractivity (Wildman–Crippen MR) is 50.4 cm³/mol. The number of rotatable bonds is 2. The molecule has 4 nitrogen and oxygen atoms in total. The van der Waals surface area contributed by atoms with Gasteiger partial charge in [-0.3, -0.25) is 0 Å². The lowest BCUT2D eigenvalue weighted by Crippen LogP contribution is -2.33. The molecular weight excluding hydrogens is 166 g/mol. The molecule has 0 unspecified atom stereocenters. The normalized spacial score (nSPS) is 27.2. The number of ether oxygens (including phenoxy) is 1. The van der Waals surface area contributed by atoms with Crippen molar-refractivity contribution in [1.82, 2.24) is 9.78 Å². The van der Waals surface area contributed by atoms with Crippen molar-refractivity contribution in [1.29, 1.82) is 0 Å². The first-order valence-electron chi connectivity index (χ1n) is 4.55. The number of hydrogen-bond acceptors (Lipinski definition) is 3. The van der Waals surface area contributed by atoms with E-state index in [9.17, 15) is 0 Å². The van der Waals surface area contributed by atoms with Gasteiger partial charge >= 0.3 is 0 Å². The molecule has 72 valence electrons. The summed E-state index contributed by atoms with van der Waals surface area (Å²) in [5.41, 5.74) is 6.78. The predicted octanol–water partition coefficient (Wildman–Crippen LogP) is 1.12. The number of nitrogen functional groups attached to an aromatic ring is 1. The van der Waals surface area contributed by atoms with Crippen LogP contribution in [0, 0.1) is 6.92 Å². The van der Waals surface area contributed by atoms with Gasteiger partial charge in [0.05, 0.1) is 17.8 Å². The van der Waals surface area contributed by atoms with E-state index in [1.54, 1.807) is 7.11 Å². The molecule has 0 aromatic carbocycles. The zero-order valence-electron chi connectivity index (χ0n) is 8.03. The van der Waals surface area contributed by atoms with Gasteiger partial charge in [0.25, 0.3) is 0 Å². The SMILES string of the molecule is COC1CC(n2nc(C)cc2N)C1. The van der Waals surface area contributed by atoms with Crippen molar-refractivity contribution >= 4 is 5.82 Å². The number of nitrogens with two attached hydrogens (primary N) is 1. The van der Waals surface area contributed by atoms with E-state index in [1.807, 2.05) is 17.7 Å². The first-order chi connectivity index (χ1) is 6.20. The Labute approximate surface area is 77.7 Å². The summed E-state index contributed by atoms with van der Waals surface area (Å²) in [4.78, 5) is 0. The molecule has 2 rings (SSSR count). The van der Waals surface area contributed by atoms with Crippen LogP contribution in [0.25, 0.3) is 0 Å². The maximum atomic E-state index is 5.80. The molecule has 4 heteroatoms. The van der Waals surface area contributed by atoms with Gasteiger partial charge < -0.3 is 10.5 Å². The van der Waals surface area contributed by atoms with E-state index in [0.29, 0.717) is 12.1 Å². The molecule has 0 saturated heterocycles. The molecule has 1 aromatic rings. The molecule has 0 radical (unpaired) electrons. The number of hydrogen-bond donors (Lipinski definition) is 1. The van der Waals surface area contributed by atoms with Gasteiger partial charge in [0.1, 0.15) is 5.82 Å². The molecule has 1 fully saturated rings. The Hall–Kier alpha value is -1.03. The fraction of sp³-hybridized carbons (Fsp3) is 0.667. The highest BCUT2D eigenvalue weighted by Crippen LogP contribution is 2.35. The van der Waals surface area contributed by atoms with Crippen LogP contribution in [0.4, 0.5) is 5.82 Å². The maximum absolute atomic E-state index is 5.80. The van der Waals surface area contributed by atoms with Crippen LogP contribution < -0.4 is 5.73 Å². The lowest BCUT2D eigenvalue weighted by molar-refractivity contribution is 0.00314. The molecule has 0 amide bonds. The Balaban J connectivity index is 2.06. The van der Waals surface area contributed by atoms with Crippen LogP contribution in [0.3, 0.4) is 0 Å². The van der Waals surface area contributed by atoms with Crippen LogP contribution in [-0.2, 0) is 4.74 Å². The molecule has 2 N–H and O–H groups in total. The minimum atomic E-state index is 0.397. The van der Waals surface area contributed by atoms with Crippen LogP contribution in [0.5, 0.6) is 0 Å². The summed E-state index contributed by atoms with van der Waals surface area (Å²) in [6.07, 6.45) is 2.46. The van der Waals surface area contributed by atoms with Crippen molar-refractivity contribution in [3.8, 4) is 0 Å². The Morgan fingerprint density at radius 2 is 2.31 bits per heavy atom. The van der Waals surface area contributed by atoms with Crippen molar-refractivity contribution in [3.05, 3.63) is 11.8 Å². The molecule has 1 aromatic heterocycles. The minimum absolute atomic E-state index is 0.397. The largest absolute Gasteiger partial charge is 0.384 e. The number of aryl methyl sites for hydroxylation is 1. The lowest BCUT2D eigenvalue weighted by Gasteiger charge is -2.34. The third-order valence-electron chi connectivity index (χ3n) is 2.64. The lowest BCUT2D eigenvalue weighted by atomic mass is 9.89. The second-order valence-corrected chi connectivity index (χ2v) is 3.64. The molecular formula is C9H15N3O. The van der Waals surface area contributed by atoms with Crippen molar-refractivity contribution in [3.63, 3.8) is 0 Å². The van der Waals surface area contributed by atoms with Crippen LogP contribution in [0.2, 0.25) is 0 Å². The molecule has 0 spiro atoms. The van der Waals surface area contributed by atoms with E-state index >= 15 is 0 Å². The van der Waals surface area contributed by atoms with Gasteiger partial charge in [-0.15, -0.1) is 0 Å². The van der Waals surface area contributed by atoms with Gasteiger partial charge in [0.15, 0.2) is 0 Å². The van der Waals surface area contributed by atoms with Crippen molar-refractivity contribution in [2.45, 2.75) is 31.9 Å². The van der Waals surface area contributed by atoms with Gasteiger partial charge in [-0.1, -0.05) is 0 Å². The average Bonchev–Trinajstić information content (AvgIpc) is 2.29. The third-order valence-corrected chi connectivity index (χ3v) is 2.64. The van der Waals surface area contributed by atoms with E-state index in [2.05, 4.69) is 5.10 Å². The summed E-state index contributed by atoms with van der Waals surface area (Å²) in [6.45, 7) is 1.96. The zero-order chi connectivity index (χ0) is 9.42. The number of nitrogens with zero attached hydrogens (tertiary/aromatic N) is 2. The van der Waals surface area contributed by atoms with Crippen molar-refractivity contribution in [2.24, 2.45) is 0 Å². The fourth-order valence-corrected chi connectivity index (χ4v) is 1.76. The fourth-order valence-electron chi connectivity index (χ4n) is 1.76. The van der Waals surface area contributed by atoms with Crippen LogP contribution in [-0.4, -0.2) is 23.0 Å². The number of anilines is 1. The summed E-state index contributed by atoms with van der Waals surface area (Å²) < 4.78 is 7.11. The maximum Gasteiger partial charge on any atom is 0.122 e. The molecule has 0 aliphatic heterocycles. The standard InChI is InChI=1S/C9H15N3O/c1-6-3-9(10)12(11-6)7-4-8(5-7)13-2/h3,7-8H,4-5,10H2,1-2H3. The van der Waals surface area contributed by atoms with Gasteiger partial charge in [-0.25, -0.2) is 4.68 Å². The van der Waals surface area contributed by atoms with Crippen LogP contribution in [0.15, 0.2) is 6.07 Å². The summed E-state index contributed by atoms with van der Waals surface area (Å²) in [6, 6.07) is 2.35. The summed E-state index contributed by atoms with van der Waals surface area (Å²) >= 11 is 0. The number of aromatic nitrogens is 2. The first kappa shape index (κ1) is 8.56. The van der Waals surface area contributed by atoms with E-state index < -0.39 is 0 Å². The topological polar surface area (TPSA) is 53.1 Å². The van der Waals surface area contributed by atoms with Gasteiger partial charge in [0.2, 0.25) is 0 Å². The quantitative estimate of drug-likeness (QED) is 0.744. The zero-order valence-corrected chi connectivity index (χ0v) is 8.03. The van der Waals surface area contributed by atoms with E-state index in [4.69, 9.17) is 10.5 Å². The van der Waals surface area contributed by atoms with Gasteiger partial charge in [-0.05, 0) is 19.8 Å². The Morgan fingerprint density at radius 1 is 1.62 bits per heavy atom. The highest BCUT2D eigenvalue weighted by atomic mass is 16.5. The Morgan fingerprint density at radius 3 is 2.77 bits per heavy atom. The van der Waals surface area contributed by atoms with Crippen LogP contribution in [0.1, 0.15) is 24.6 Å². The van der Waals surface area contributed by atoms with Crippen LogP contribution >= 0.6 is 0 Å². The third kappa shape index (κ3) is 1.42.